The van der Waals surface area contributed by atoms with Crippen molar-refractivity contribution in [2.75, 3.05) is 25.0 Å². The van der Waals surface area contributed by atoms with Crippen LogP contribution in [-0.2, 0) is 0 Å². The van der Waals surface area contributed by atoms with E-state index in [0.717, 1.165) is 25.1 Å². The van der Waals surface area contributed by atoms with Crippen LogP contribution in [0.5, 0.6) is 0 Å². The van der Waals surface area contributed by atoms with Crippen LogP contribution in [0.15, 0.2) is 18.2 Å². The Morgan fingerprint density at radius 2 is 2.24 bits per heavy atom. The van der Waals surface area contributed by atoms with Gasteiger partial charge in [-0.2, -0.15) is 0 Å². The zero-order chi connectivity index (χ0) is 15.2. The molecule has 0 amide bonds. The first-order chi connectivity index (χ1) is 10.1. The fraction of sp³-hybridized carbons (Fsp3) is 0.625. The molecule has 1 unspecified atom stereocenters. The van der Waals surface area contributed by atoms with Crippen LogP contribution < -0.4 is 5.32 Å². The van der Waals surface area contributed by atoms with Gasteiger partial charge in [-0.05, 0) is 45.2 Å². The topological polar surface area (TPSA) is 58.4 Å². The van der Waals surface area contributed by atoms with Crippen LogP contribution in [0, 0.1) is 17.0 Å². The summed E-state index contributed by atoms with van der Waals surface area (Å²) in [5, 5.41) is 14.3. The number of benzene rings is 1. The zero-order valence-corrected chi connectivity index (χ0v) is 13.0. The molecule has 1 aromatic rings. The van der Waals surface area contributed by atoms with E-state index in [1.54, 1.807) is 12.1 Å². The largest absolute Gasteiger partial charge is 0.379 e. The number of nitro benzene ring substituents is 1. The smallest absolute Gasteiger partial charge is 0.292 e. The third-order valence-electron chi connectivity index (χ3n) is 4.31. The lowest BCUT2D eigenvalue weighted by atomic mass is 10.0. The van der Waals surface area contributed by atoms with Crippen LogP contribution in [-0.4, -0.2) is 35.5 Å². The predicted octanol–water partition coefficient (Wildman–Crippen LogP) is 3.58. The molecule has 5 nitrogen and oxygen atoms in total. The van der Waals surface area contributed by atoms with Gasteiger partial charge < -0.3 is 10.2 Å². The molecular formula is C16H25N3O2. The van der Waals surface area contributed by atoms with Gasteiger partial charge in [0.05, 0.1) is 4.92 Å². The molecule has 21 heavy (non-hydrogen) atoms. The van der Waals surface area contributed by atoms with Gasteiger partial charge in [-0.25, -0.2) is 0 Å². The molecule has 0 aromatic heterocycles. The molecule has 1 fully saturated rings. The minimum atomic E-state index is -0.317. The Balaban J connectivity index is 1.85. The molecule has 1 aromatic carbocycles. The standard InChI is InChI=1S/C16H25N3O2/c1-13-7-5-9-15(19(20)21)16(13)17-10-6-12-18-11-4-3-8-14(18)2/h5,7,9,14,17H,3-4,6,8,10-12H2,1-2H3. The average Bonchev–Trinajstić information content (AvgIpc) is 2.46. The predicted molar refractivity (Wildman–Crippen MR) is 85.8 cm³/mol. The highest BCUT2D eigenvalue weighted by molar-refractivity contribution is 5.65. The lowest BCUT2D eigenvalue weighted by Gasteiger charge is -2.33. The van der Waals surface area contributed by atoms with Crippen molar-refractivity contribution in [3.63, 3.8) is 0 Å². The highest BCUT2D eigenvalue weighted by atomic mass is 16.6. The maximum atomic E-state index is 11.1. The molecule has 1 heterocycles. The van der Waals surface area contributed by atoms with E-state index < -0.39 is 0 Å². The van der Waals surface area contributed by atoms with E-state index in [0.29, 0.717) is 11.7 Å². The van der Waals surface area contributed by atoms with E-state index in [9.17, 15) is 10.1 Å². The maximum Gasteiger partial charge on any atom is 0.292 e. The fourth-order valence-corrected chi connectivity index (χ4v) is 3.02. The molecule has 1 N–H and O–H groups in total. The van der Waals surface area contributed by atoms with Crippen LogP contribution in [0.3, 0.4) is 0 Å². The van der Waals surface area contributed by atoms with Gasteiger partial charge in [-0.15, -0.1) is 0 Å². The monoisotopic (exact) mass is 291 g/mol. The number of nitrogens with zero attached hydrogens (tertiary/aromatic N) is 2. The Hall–Kier alpha value is -1.62. The Bertz CT molecular complexity index is 490. The minimum absolute atomic E-state index is 0.168. The van der Waals surface area contributed by atoms with Gasteiger partial charge >= 0.3 is 0 Å². The van der Waals surface area contributed by atoms with E-state index in [1.807, 2.05) is 13.0 Å². The summed E-state index contributed by atoms with van der Waals surface area (Å²) in [6.07, 6.45) is 4.93. The van der Waals surface area contributed by atoms with Crippen molar-refractivity contribution < 1.29 is 4.92 Å². The van der Waals surface area contributed by atoms with Crippen molar-refractivity contribution in [1.29, 1.82) is 0 Å². The SMILES string of the molecule is Cc1cccc([N+](=O)[O-])c1NCCCN1CCCCC1C. The van der Waals surface area contributed by atoms with Gasteiger partial charge in [0.1, 0.15) is 5.69 Å². The van der Waals surface area contributed by atoms with Gasteiger partial charge in [0.25, 0.3) is 5.69 Å². The number of likely N-dealkylation sites (tertiary alicyclic amines) is 1. The van der Waals surface area contributed by atoms with Crippen molar-refractivity contribution >= 4 is 11.4 Å². The van der Waals surface area contributed by atoms with Crippen molar-refractivity contribution in [2.45, 2.75) is 45.6 Å². The Labute approximate surface area is 126 Å². The van der Waals surface area contributed by atoms with E-state index in [-0.39, 0.29) is 10.6 Å². The summed E-state index contributed by atoms with van der Waals surface area (Å²) in [5.74, 6) is 0. The Morgan fingerprint density at radius 3 is 2.95 bits per heavy atom. The number of hydrogen-bond acceptors (Lipinski definition) is 4. The molecule has 0 spiro atoms. The lowest BCUT2D eigenvalue weighted by molar-refractivity contribution is -0.384. The molecule has 116 valence electrons. The van der Waals surface area contributed by atoms with E-state index in [4.69, 9.17) is 0 Å². The van der Waals surface area contributed by atoms with Gasteiger partial charge in [-0.3, -0.25) is 10.1 Å². The van der Waals surface area contributed by atoms with E-state index >= 15 is 0 Å². The summed E-state index contributed by atoms with van der Waals surface area (Å²) in [4.78, 5) is 13.3. The van der Waals surface area contributed by atoms with Gasteiger partial charge in [0, 0.05) is 25.2 Å². The molecule has 0 aliphatic carbocycles. The molecule has 1 saturated heterocycles. The van der Waals surface area contributed by atoms with E-state index in [2.05, 4.69) is 17.1 Å². The lowest BCUT2D eigenvalue weighted by Crippen LogP contribution is -2.38. The maximum absolute atomic E-state index is 11.1. The fourth-order valence-electron chi connectivity index (χ4n) is 3.02. The van der Waals surface area contributed by atoms with Gasteiger partial charge in [0.2, 0.25) is 0 Å². The third kappa shape index (κ3) is 4.17. The summed E-state index contributed by atoms with van der Waals surface area (Å²) in [7, 11) is 0. The highest BCUT2D eigenvalue weighted by Crippen LogP contribution is 2.27. The Morgan fingerprint density at radius 1 is 1.43 bits per heavy atom. The summed E-state index contributed by atoms with van der Waals surface area (Å²) in [6.45, 7) is 7.22. The highest BCUT2D eigenvalue weighted by Gasteiger charge is 2.18. The number of piperidine rings is 1. The molecule has 1 aliphatic heterocycles. The van der Waals surface area contributed by atoms with Crippen LogP contribution in [0.1, 0.15) is 38.2 Å². The molecular weight excluding hydrogens is 266 g/mol. The summed E-state index contributed by atoms with van der Waals surface area (Å²) in [5.41, 5.74) is 1.76. The Kier molecular flexibility index (Phi) is 5.56. The normalized spacial score (nSPS) is 19.4. The molecule has 0 bridgehead atoms. The minimum Gasteiger partial charge on any atom is -0.379 e. The van der Waals surface area contributed by atoms with Gasteiger partial charge in [-0.1, -0.05) is 18.6 Å². The molecule has 1 atom stereocenters. The first-order valence-electron chi connectivity index (χ1n) is 7.81. The molecule has 5 heteroatoms. The second kappa shape index (κ2) is 7.41. The first-order valence-corrected chi connectivity index (χ1v) is 7.81. The second-order valence-electron chi connectivity index (χ2n) is 5.89. The number of hydrogen-bond donors (Lipinski definition) is 1. The zero-order valence-electron chi connectivity index (χ0n) is 13.0. The molecule has 2 rings (SSSR count). The molecule has 0 radical (unpaired) electrons. The van der Waals surface area contributed by atoms with Crippen LogP contribution in [0.25, 0.3) is 0 Å². The van der Waals surface area contributed by atoms with Crippen molar-refractivity contribution in [1.82, 2.24) is 4.90 Å². The number of nitro groups is 1. The van der Waals surface area contributed by atoms with Crippen LogP contribution in [0.4, 0.5) is 11.4 Å². The second-order valence-corrected chi connectivity index (χ2v) is 5.89. The van der Waals surface area contributed by atoms with Crippen molar-refractivity contribution in [3.8, 4) is 0 Å². The first kappa shape index (κ1) is 15.8. The molecule has 1 aliphatic rings. The number of anilines is 1. The van der Waals surface area contributed by atoms with E-state index in [1.165, 1.54) is 25.8 Å². The third-order valence-corrected chi connectivity index (χ3v) is 4.31. The summed E-state index contributed by atoms with van der Waals surface area (Å²) >= 11 is 0. The summed E-state index contributed by atoms with van der Waals surface area (Å²) in [6, 6.07) is 5.87. The quantitative estimate of drug-likeness (QED) is 0.494. The van der Waals surface area contributed by atoms with Crippen LogP contribution >= 0.6 is 0 Å². The summed E-state index contributed by atoms with van der Waals surface area (Å²) < 4.78 is 0. The van der Waals surface area contributed by atoms with Crippen molar-refractivity contribution in [2.24, 2.45) is 0 Å². The number of para-hydroxylation sites is 1. The number of rotatable bonds is 6. The molecule has 0 saturated carbocycles. The van der Waals surface area contributed by atoms with Crippen molar-refractivity contribution in [3.05, 3.63) is 33.9 Å². The van der Waals surface area contributed by atoms with Gasteiger partial charge in [0.15, 0.2) is 0 Å². The average molecular weight is 291 g/mol. The van der Waals surface area contributed by atoms with Crippen LogP contribution in [0.2, 0.25) is 0 Å². The number of aryl methyl sites for hydroxylation is 1. The number of nitrogens with one attached hydrogen (secondary N) is 1.